The van der Waals surface area contributed by atoms with Crippen LogP contribution in [0.2, 0.25) is 0 Å². The first kappa shape index (κ1) is 17.2. The summed E-state index contributed by atoms with van der Waals surface area (Å²) >= 11 is 0. The van der Waals surface area contributed by atoms with Crippen LogP contribution in [-0.2, 0) is 4.79 Å². The maximum atomic E-state index is 10.9. The molecule has 2 heterocycles. The normalized spacial score (nSPS) is 14.7. The van der Waals surface area contributed by atoms with Gasteiger partial charge >= 0.3 is 0 Å². The summed E-state index contributed by atoms with van der Waals surface area (Å²) in [7, 11) is 1.71. The van der Waals surface area contributed by atoms with Gasteiger partial charge in [-0.1, -0.05) is 6.58 Å². The third-order valence-electron chi connectivity index (χ3n) is 2.80. The van der Waals surface area contributed by atoms with E-state index in [1.54, 1.807) is 25.5 Å². The first-order valence-electron chi connectivity index (χ1n) is 6.60. The van der Waals surface area contributed by atoms with Crippen LogP contribution in [0.25, 0.3) is 0 Å². The number of hydrogen-bond acceptors (Lipinski definition) is 5. The predicted octanol–water partition coefficient (Wildman–Crippen LogP) is 1.51. The minimum Gasteiger partial charge on any atom is -0.491 e. The molecule has 0 N–H and O–H groups in total. The van der Waals surface area contributed by atoms with Crippen LogP contribution in [0.5, 0.6) is 11.6 Å². The molecule has 0 aliphatic carbocycles. The summed E-state index contributed by atoms with van der Waals surface area (Å²) in [6.07, 6.45) is 11.3. The molecule has 2 rings (SSSR count). The number of ether oxygens (including phenoxy) is 2. The van der Waals surface area contributed by atoms with E-state index >= 15 is 0 Å². The second-order valence-corrected chi connectivity index (χ2v) is 4.28. The van der Waals surface area contributed by atoms with Crippen molar-refractivity contribution < 1.29 is 14.3 Å². The van der Waals surface area contributed by atoms with Crippen molar-refractivity contribution in [1.82, 2.24) is 9.88 Å². The van der Waals surface area contributed by atoms with E-state index in [1.165, 1.54) is 6.92 Å². The highest BCUT2D eigenvalue weighted by molar-refractivity contribution is 6.01. The van der Waals surface area contributed by atoms with Crippen LogP contribution >= 0.6 is 0 Å². The third kappa shape index (κ3) is 4.09. The average Bonchev–Trinajstić information content (AvgIpc) is 2.72. The van der Waals surface area contributed by atoms with Gasteiger partial charge in [0.2, 0.25) is 5.88 Å². The Bertz CT molecular complexity index is 594. The van der Waals surface area contributed by atoms with Gasteiger partial charge in [-0.05, 0) is 13.1 Å². The zero-order chi connectivity index (χ0) is 16.5. The van der Waals surface area contributed by atoms with Crippen molar-refractivity contribution in [3.05, 3.63) is 30.6 Å². The first-order chi connectivity index (χ1) is 10.7. The number of terminal acetylenes is 1. The number of fused-ring (bicyclic) bond motifs is 1. The monoisotopic (exact) mass is 301 g/mol. The number of pyridine rings is 1. The van der Waals surface area contributed by atoms with Crippen LogP contribution < -0.4 is 9.47 Å². The highest BCUT2D eigenvalue weighted by atomic mass is 16.5. The topological polar surface area (TPSA) is 64.0 Å². The molecule has 0 unspecified atom stereocenters. The molecule has 0 bridgehead atoms. The van der Waals surface area contributed by atoms with Gasteiger partial charge in [0.05, 0.1) is 12.1 Å². The molecule has 0 saturated heterocycles. The van der Waals surface area contributed by atoms with Gasteiger partial charge in [-0.2, -0.15) is 0 Å². The van der Waals surface area contributed by atoms with Crippen molar-refractivity contribution in [2.45, 2.75) is 6.92 Å². The summed E-state index contributed by atoms with van der Waals surface area (Å²) in [5.74, 6) is 1.69. The van der Waals surface area contributed by atoms with Crippen molar-refractivity contribution >= 4 is 11.6 Å². The molecular weight excluding hydrogens is 282 g/mol. The van der Waals surface area contributed by atoms with Crippen molar-refractivity contribution in [2.75, 3.05) is 26.8 Å². The highest BCUT2D eigenvalue weighted by Crippen LogP contribution is 2.26. The number of Topliss-reactive ketones (excluding diaryl/α,β-unsaturated/α-hetero) is 1. The lowest BCUT2D eigenvalue weighted by Crippen LogP contribution is -2.27. The third-order valence-corrected chi connectivity index (χ3v) is 2.80. The summed E-state index contributed by atoms with van der Waals surface area (Å²) in [4.78, 5) is 21.3. The van der Waals surface area contributed by atoms with Crippen molar-refractivity contribution in [3.63, 3.8) is 0 Å². The molecule has 0 aromatic carbocycles. The zero-order valence-corrected chi connectivity index (χ0v) is 12.8. The fourth-order valence-electron chi connectivity index (χ4n) is 1.90. The molecular formula is C16H19N3O3. The highest BCUT2D eigenvalue weighted by Gasteiger charge is 2.20. The number of amidine groups is 1. The Morgan fingerprint density at radius 3 is 2.95 bits per heavy atom. The van der Waals surface area contributed by atoms with E-state index in [9.17, 15) is 4.79 Å². The van der Waals surface area contributed by atoms with Crippen LogP contribution in [0.1, 0.15) is 12.5 Å². The number of rotatable bonds is 4. The van der Waals surface area contributed by atoms with Gasteiger partial charge in [0.15, 0.2) is 5.78 Å². The lowest BCUT2D eigenvalue weighted by atomic mass is 10.2. The molecule has 0 spiro atoms. The van der Waals surface area contributed by atoms with Crippen molar-refractivity contribution in [3.8, 4) is 24.5 Å². The molecule has 22 heavy (non-hydrogen) atoms. The van der Waals surface area contributed by atoms with Gasteiger partial charge in [-0.3, -0.25) is 9.79 Å². The molecule has 0 atom stereocenters. The summed E-state index contributed by atoms with van der Waals surface area (Å²) in [6.45, 7) is 6.40. The van der Waals surface area contributed by atoms with Gasteiger partial charge in [-0.15, -0.1) is 12.8 Å². The molecule has 0 amide bonds. The van der Waals surface area contributed by atoms with Gasteiger partial charge < -0.3 is 14.4 Å². The Labute approximate surface area is 130 Å². The summed E-state index contributed by atoms with van der Waals surface area (Å²) in [5, 5.41) is 0. The smallest absolute Gasteiger partial charge is 0.217 e. The van der Waals surface area contributed by atoms with E-state index in [4.69, 9.17) is 9.47 Å². The van der Waals surface area contributed by atoms with E-state index in [-0.39, 0.29) is 12.4 Å². The Hall–Kier alpha value is -2.81. The fraction of sp³-hybridized carbons (Fsp3) is 0.312. The Balaban J connectivity index is 0.00000116. The molecule has 6 heteroatoms. The number of carbonyl (C=O) groups excluding carboxylic acids is 1. The zero-order valence-electron chi connectivity index (χ0n) is 12.8. The van der Waals surface area contributed by atoms with E-state index in [1.807, 2.05) is 4.90 Å². The molecule has 0 fully saturated rings. The maximum absolute atomic E-state index is 10.9. The fourth-order valence-corrected chi connectivity index (χ4v) is 1.90. The van der Waals surface area contributed by atoms with Crippen LogP contribution in [0.4, 0.5) is 0 Å². The molecule has 1 aromatic heterocycles. The van der Waals surface area contributed by atoms with Crippen LogP contribution in [-0.4, -0.2) is 48.3 Å². The maximum Gasteiger partial charge on any atom is 0.217 e. The van der Waals surface area contributed by atoms with E-state index in [0.29, 0.717) is 24.8 Å². The number of ketones is 1. The predicted molar refractivity (Wildman–Crippen MR) is 85.2 cm³/mol. The molecule has 0 saturated carbocycles. The minimum absolute atomic E-state index is 0.000701. The average molecular weight is 301 g/mol. The van der Waals surface area contributed by atoms with Gasteiger partial charge in [0, 0.05) is 19.3 Å². The summed E-state index contributed by atoms with van der Waals surface area (Å²) in [6, 6.07) is 1.68. The molecule has 1 aromatic rings. The van der Waals surface area contributed by atoms with E-state index < -0.39 is 0 Å². The van der Waals surface area contributed by atoms with Gasteiger partial charge in [-0.25, -0.2) is 4.98 Å². The summed E-state index contributed by atoms with van der Waals surface area (Å²) in [5.41, 5.74) is 0.778. The van der Waals surface area contributed by atoms with Crippen LogP contribution in [0, 0.1) is 12.8 Å². The Morgan fingerprint density at radius 2 is 2.36 bits per heavy atom. The van der Waals surface area contributed by atoms with E-state index in [2.05, 4.69) is 29.4 Å². The number of nitrogens with zero attached hydrogens (tertiary/aromatic N) is 3. The molecule has 1 aliphatic rings. The number of carbonyl (C=O) groups is 1. The lowest BCUT2D eigenvalue weighted by Gasteiger charge is -2.18. The number of aliphatic imine (C=N–C) groups is 1. The van der Waals surface area contributed by atoms with E-state index in [0.717, 1.165) is 11.4 Å². The number of aromatic nitrogens is 1. The van der Waals surface area contributed by atoms with Crippen LogP contribution in [0.15, 0.2) is 30.0 Å². The first-order valence-corrected chi connectivity index (χ1v) is 6.60. The second kappa shape index (κ2) is 8.47. The van der Waals surface area contributed by atoms with Crippen LogP contribution in [0.3, 0.4) is 0 Å². The second-order valence-electron chi connectivity index (χ2n) is 4.28. The largest absolute Gasteiger partial charge is 0.491 e. The molecule has 1 aliphatic heterocycles. The summed E-state index contributed by atoms with van der Waals surface area (Å²) < 4.78 is 11.0. The molecule has 116 valence electrons. The van der Waals surface area contributed by atoms with Gasteiger partial charge in [0.25, 0.3) is 0 Å². The van der Waals surface area contributed by atoms with Crippen molar-refractivity contribution in [1.29, 1.82) is 0 Å². The standard InChI is InChI=1S/C14H17N3O3.C2H2/c1-4-17-5-6-19-12-7-13(20-9-10(2)18)16-8-11(12)14(17)15-3;1-2/h4,7-8H,1,5-6,9H2,2-3H3;1-2H. The Morgan fingerprint density at radius 1 is 1.64 bits per heavy atom. The molecule has 0 radical (unpaired) electrons. The molecule has 6 nitrogen and oxygen atoms in total. The van der Waals surface area contributed by atoms with Crippen molar-refractivity contribution in [2.24, 2.45) is 4.99 Å². The van der Waals surface area contributed by atoms with Gasteiger partial charge in [0.1, 0.15) is 24.8 Å². The SMILES string of the molecule is C#C.C=CN1CCOc2cc(OCC(C)=O)ncc2C1=NC. The minimum atomic E-state index is -0.0590. The lowest BCUT2D eigenvalue weighted by molar-refractivity contribution is -0.119. The Kier molecular flexibility index (Phi) is 6.64. The quantitative estimate of drug-likeness (QED) is 0.789. The number of hydrogen-bond donors (Lipinski definition) is 0.